The predicted octanol–water partition coefficient (Wildman–Crippen LogP) is 2.86. The van der Waals surface area contributed by atoms with Crippen LogP contribution in [0.1, 0.15) is 10.5 Å². The number of benzene rings is 1. The van der Waals surface area contributed by atoms with Gasteiger partial charge in [-0.3, -0.25) is 10.1 Å². The Labute approximate surface area is 113 Å². The number of para-hydroxylation sites is 1. The number of nitrogens with one attached hydrogen (secondary N) is 2. The number of carbonyl (C=O) groups is 1. The lowest BCUT2D eigenvalue weighted by Gasteiger charge is -2.00. The minimum atomic E-state index is -0.307. The van der Waals surface area contributed by atoms with Gasteiger partial charge in [0.05, 0.1) is 10.5 Å². The van der Waals surface area contributed by atoms with Gasteiger partial charge in [0.15, 0.2) is 0 Å². The first kappa shape index (κ1) is 11.7. The molecule has 0 fully saturated rings. The Bertz CT molecular complexity index is 739. The molecule has 0 radical (unpaired) electrons. The van der Waals surface area contributed by atoms with E-state index in [9.17, 15) is 4.79 Å². The zero-order chi connectivity index (χ0) is 13.2. The van der Waals surface area contributed by atoms with E-state index in [1.165, 1.54) is 0 Å². The van der Waals surface area contributed by atoms with Crippen LogP contribution in [0, 0.1) is 0 Å². The number of fused-ring (bicyclic) bond motifs is 1. The second-order valence-electron chi connectivity index (χ2n) is 3.91. The van der Waals surface area contributed by atoms with Crippen molar-refractivity contribution in [1.82, 2.24) is 15.0 Å². The van der Waals surface area contributed by atoms with Crippen molar-refractivity contribution in [3.63, 3.8) is 0 Å². The highest BCUT2D eigenvalue weighted by molar-refractivity contribution is 6.35. The molecule has 0 saturated heterocycles. The van der Waals surface area contributed by atoms with E-state index < -0.39 is 0 Å². The highest BCUT2D eigenvalue weighted by Gasteiger charge is 2.11. The summed E-state index contributed by atoms with van der Waals surface area (Å²) in [6, 6.07) is 8.90. The Balaban J connectivity index is 1.92. The van der Waals surface area contributed by atoms with E-state index >= 15 is 0 Å². The number of rotatable bonds is 2. The maximum atomic E-state index is 12.0. The quantitative estimate of drug-likeness (QED) is 0.753. The number of anilines is 1. The van der Waals surface area contributed by atoms with Crippen LogP contribution in [0.5, 0.6) is 0 Å². The van der Waals surface area contributed by atoms with Crippen molar-refractivity contribution in [2.45, 2.75) is 0 Å². The van der Waals surface area contributed by atoms with Crippen molar-refractivity contribution >= 4 is 34.4 Å². The number of hydrogen-bond donors (Lipinski definition) is 2. The van der Waals surface area contributed by atoms with Gasteiger partial charge in [0.2, 0.25) is 5.95 Å². The Morgan fingerprint density at radius 1 is 1.21 bits per heavy atom. The molecular weight excluding hydrogens is 264 g/mol. The molecule has 0 bridgehead atoms. The van der Waals surface area contributed by atoms with E-state index in [0.717, 1.165) is 10.9 Å². The molecule has 3 rings (SSSR count). The summed E-state index contributed by atoms with van der Waals surface area (Å²) in [6.07, 6.45) is 3.12. The highest BCUT2D eigenvalue weighted by atomic mass is 35.5. The molecule has 2 N–H and O–H groups in total. The summed E-state index contributed by atoms with van der Waals surface area (Å²) in [4.78, 5) is 22.9. The molecule has 0 saturated carbocycles. The van der Waals surface area contributed by atoms with Gasteiger partial charge >= 0.3 is 0 Å². The van der Waals surface area contributed by atoms with Crippen molar-refractivity contribution in [2.24, 2.45) is 0 Å². The second kappa shape index (κ2) is 4.70. The Hall–Kier alpha value is -2.40. The molecule has 0 aliphatic carbocycles. The second-order valence-corrected chi connectivity index (χ2v) is 4.32. The van der Waals surface area contributed by atoms with E-state index in [0.29, 0.717) is 10.7 Å². The SMILES string of the molecule is O=C(Nc1ncccn1)c1cc2cccc(Cl)c2[nH]1. The number of nitrogens with zero attached hydrogens (tertiary/aromatic N) is 2. The number of hydrogen-bond acceptors (Lipinski definition) is 3. The van der Waals surface area contributed by atoms with Crippen molar-refractivity contribution in [3.05, 3.63) is 53.4 Å². The van der Waals surface area contributed by atoms with Gasteiger partial charge in [-0.15, -0.1) is 0 Å². The molecule has 1 amide bonds. The van der Waals surface area contributed by atoms with E-state index in [1.807, 2.05) is 12.1 Å². The van der Waals surface area contributed by atoms with Crippen LogP contribution in [-0.2, 0) is 0 Å². The molecule has 94 valence electrons. The van der Waals surface area contributed by atoms with E-state index in [2.05, 4.69) is 20.3 Å². The van der Waals surface area contributed by atoms with E-state index in [4.69, 9.17) is 11.6 Å². The predicted molar refractivity (Wildman–Crippen MR) is 73.3 cm³/mol. The molecule has 3 aromatic rings. The lowest BCUT2D eigenvalue weighted by atomic mass is 10.2. The number of halogens is 1. The van der Waals surface area contributed by atoms with Gasteiger partial charge < -0.3 is 4.98 Å². The van der Waals surface area contributed by atoms with Crippen molar-refractivity contribution in [3.8, 4) is 0 Å². The van der Waals surface area contributed by atoms with Gasteiger partial charge in [-0.05, 0) is 18.2 Å². The summed E-state index contributed by atoms with van der Waals surface area (Å²) in [5.74, 6) is -0.0456. The average Bonchev–Trinajstić information content (AvgIpc) is 2.85. The first-order valence-electron chi connectivity index (χ1n) is 5.59. The summed E-state index contributed by atoms with van der Waals surface area (Å²) < 4.78 is 0. The largest absolute Gasteiger partial charge is 0.349 e. The zero-order valence-electron chi connectivity index (χ0n) is 9.72. The van der Waals surface area contributed by atoms with Crippen molar-refractivity contribution in [1.29, 1.82) is 0 Å². The normalized spacial score (nSPS) is 10.6. The van der Waals surface area contributed by atoms with Crippen LogP contribution in [0.2, 0.25) is 5.02 Å². The molecule has 1 aromatic carbocycles. The molecule has 0 aliphatic rings. The molecule has 0 atom stereocenters. The van der Waals surface area contributed by atoms with Crippen LogP contribution < -0.4 is 5.32 Å². The molecule has 2 aromatic heterocycles. The zero-order valence-corrected chi connectivity index (χ0v) is 10.5. The first-order valence-corrected chi connectivity index (χ1v) is 5.97. The van der Waals surface area contributed by atoms with Crippen LogP contribution in [0.25, 0.3) is 10.9 Å². The average molecular weight is 273 g/mol. The maximum absolute atomic E-state index is 12.0. The Morgan fingerprint density at radius 2 is 2.00 bits per heavy atom. The van der Waals surface area contributed by atoms with Gasteiger partial charge in [-0.25, -0.2) is 9.97 Å². The number of amides is 1. The molecule has 19 heavy (non-hydrogen) atoms. The molecule has 2 heterocycles. The Morgan fingerprint density at radius 3 is 2.74 bits per heavy atom. The standard InChI is InChI=1S/C13H9ClN4O/c14-9-4-1-3-8-7-10(17-11(8)9)12(19)18-13-15-5-2-6-16-13/h1-7,17H,(H,15,16,18,19). The third-order valence-corrected chi connectivity index (χ3v) is 2.96. The van der Waals surface area contributed by atoms with Gasteiger partial charge in [0.1, 0.15) is 5.69 Å². The molecule has 0 unspecified atom stereocenters. The fourth-order valence-electron chi connectivity index (χ4n) is 1.77. The number of aromatic amines is 1. The van der Waals surface area contributed by atoms with Crippen LogP contribution >= 0.6 is 11.6 Å². The van der Waals surface area contributed by atoms with Crippen LogP contribution in [0.3, 0.4) is 0 Å². The molecule has 5 nitrogen and oxygen atoms in total. The minimum Gasteiger partial charge on any atom is -0.349 e. The van der Waals surface area contributed by atoms with Crippen LogP contribution in [0.15, 0.2) is 42.7 Å². The third-order valence-electron chi connectivity index (χ3n) is 2.64. The summed E-state index contributed by atoms with van der Waals surface area (Å²) in [5.41, 5.74) is 1.15. The summed E-state index contributed by atoms with van der Waals surface area (Å²) in [5, 5.41) is 4.06. The topological polar surface area (TPSA) is 70.7 Å². The Kier molecular flexibility index (Phi) is 2.89. The summed E-state index contributed by atoms with van der Waals surface area (Å²) >= 11 is 6.05. The number of aromatic nitrogens is 3. The monoisotopic (exact) mass is 272 g/mol. The van der Waals surface area contributed by atoms with Crippen LogP contribution in [0.4, 0.5) is 5.95 Å². The van der Waals surface area contributed by atoms with Crippen molar-refractivity contribution < 1.29 is 4.79 Å². The highest BCUT2D eigenvalue weighted by Crippen LogP contribution is 2.23. The minimum absolute atomic E-state index is 0.261. The molecular formula is C13H9ClN4O. The van der Waals surface area contributed by atoms with E-state index in [1.54, 1.807) is 30.6 Å². The van der Waals surface area contributed by atoms with Gasteiger partial charge in [-0.2, -0.15) is 0 Å². The first-order chi connectivity index (χ1) is 9.24. The molecule has 0 spiro atoms. The molecule has 0 aliphatic heterocycles. The third kappa shape index (κ3) is 2.28. The van der Waals surface area contributed by atoms with Gasteiger partial charge in [0, 0.05) is 17.8 Å². The fraction of sp³-hybridized carbons (Fsp3) is 0. The fourth-order valence-corrected chi connectivity index (χ4v) is 2.00. The van der Waals surface area contributed by atoms with Gasteiger partial charge in [-0.1, -0.05) is 23.7 Å². The van der Waals surface area contributed by atoms with E-state index in [-0.39, 0.29) is 11.9 Å². The van der Waals surface area contributed by atoms with Gasteiger partial charge in [0.25, 0.3) is 5.91 Å². The smallest absolute Gasteiger partial charge is 0.274 e. The lowest BCUT2D eigenvalue weighted by molar-refractivity contribution is 0.102. The van der Waals surface area contributed by atoms with Crippen molar-refractivity contribution in [2.75, 3.05) is 5.32 Å². The number of H-pyrrole nitrogens is 1. The number of carbonyl (C=O) groups excluding carboxylic acids is 1. The maximum Gasteiger partial charge on any atom is 0.274 e. The van der Waals surface area contributed by atoms with Crippen LogP contribution in [-0.4, -0.2) is 20.9 Å². The lowest BCUT2D eigenvalue weighted by Crippen LogP contribution is -2.14. The molecule has 6 heteroatoms. The summed E-state index contributed by atoms with van der Waals surface area (Å²) in [6.45, 7) is 0. The summed E-state index contributed by atoms with van der Waals surface area (Å²) in [7, 11) is 0.